The minimum atomic E-state index is 0.104. The molecule has 1 aromatic heterocycles. The van der Waals surface area contributed by atoms with Crippen LogP contribution in [0.4, 0.5) is 0 Å². The molecule has 0 amide bonds. The monoisotopic (exact) mass is 111 g/mol. The second kappa shape index (κ2) is 1.86. The minimum absolute atomic E-state index is 0.104. The standard InChI is InChI=1S/C5H7N2O/c1-2-7-5(8)3-4-6-7/h4,8H,2H2,1H3. The number of nitrogens with zero attached hydrogens (tertiary/aromatic N) is 2. The third kappa shape index (κ3) is 0.665. The molecule has 1 radical (unpaired) electrons. The lowest BCUT2D eigenvalue weighted by atomic mass is 10.7. The van der Waals surface area contributed by atoms with E-state index in [0.29, 0.717) is 6.54 Å². The quantitative estimate of drug-likeness (QED) is 0.570. The van der Waals surface area contributed by atoms with Gasteiger partial charge in [0.25, 0.3) is 0 Å². The molecular weight excluding hydrogens is 104 g/mol. The predicted molar refractivity (Wildman–Crippen MR) is 28.4 cm³/mol. The highest BCUT2D eigenvalue weighted by atomic mass is 16.3. The molecule has 3 nitrogen and oxygen atoms in total. The third-order valence-electron chi connectivity index (χ3n) is 0.935. The fourth-order valence-electron chi connectivity index (χ4n) is 0.517. The van der Waals surface area contributed by atoms with Crippen molar-refractivity contribution < 1.29 is 5.11 Å². The molecule has 0 bridgehead atoms. The molecule has 0 aliphatic carbocycles. The summed E-state index contributed by atoms with van der Waals surface area (Å²) in [4.78, 5) is 0. The first-order valence-electron chi connectivity index (χ1n) is 2.47. The van der Waals surface area contributed by atoms with Gasteiger partial charge in [0, 0.05) is 6.54 Å². The molecule has 0 aromatic carbocycles. The Balaban J connectivity index is 2.92. The van der Waals surface area contributed by atoms with Gasteiger partial charge in [0.05, 0.1) is 12.3 Å². The van der Waals surface area contributed by atoms with Gasteiger partial charge in [0.15, 0.2) is 0 Å². The van der Waals surface area contributed by atoms with Crippen LogP contribution in [0.3, 0.4) is 0 Å². The van der Waals surface area contributed by atoms with Crippen molar-refractivity contribution in [1.29, 1.82) is 0 Å². The molecule has 3 heteroatoms. The topological polar surface area (TPSA) is 38.0 Å². The van der Waals surface area contributed by atoms with Crippen LogP contribution in [-0.2, 0) is 6.54 Å². The number of hydrogen-bond donors (Lipinski definition) is 1. The average Bonchev–Trinajstić information content (AvgIpc) is 2.14. The van der Waals surface area contributed by atoms with Gasteiger partial charge in [-0.1, -0.05) is 0 Å². The molecule has 0 atom stereocenters. The summed E-state index contributed by atoms with van der Waals surface area (Å²) in [7, 11) is 0. The zero-order chi connectivity index (χ0) is 5.98. The van der Waals surface area contributed by atoms with Gasteiger partial charge in [0.1, 0.15) is 0 Å². The van der Waals surface area contributed by atoms with Crippen molar-refractivity contribution in [3.8, 4) is 5.88 Å². The predicted octanol–water partition coefficient (Wildman–Crippen LogP) is 0.409. The van der Waals surface area contributed by atoms with Gasteiger partial charge < -0.3 is 5.11 Å². The smallest absolute Gasteiger partial charge is 0.217 e. The van der Waals surface area contributed by atoms with Gasteiger partial charge in [-0.05, 0) is 6.92 Å². The number of aryl methyl sites for hydroxylation is 1. The molecule has 1 heterocycles. The van der Waals surface area contributed by atoms with Gasteiger partial charge >= 0.3 is 0 Å². The van der Waals surface area contributed by atoms with E-state index in [-0.39, 0.29) is 5.88 Å². The van der Waals surface area contributed by atoms with Gasteiger partial charge in [-0.2, -0.15) is 5.10 Å². The maximum Gasteiger partial charge on any atom is 0.217 e. The summed E-state index contributed by atoms with van der Waals surface area (Å²) >= 11 is 0. The van der Waals surface area contributed by atoms with E-state index in [1.54, 1.807) is 0 Å². The molecule has 0 fully saturated rings. The molecule has 0 saturated heterocycles. The summed E-state index contributed by atoms with van der Waals surface area (Å²) in [6.45, 7) is 2.59. The third-order valence-corrected chi connectivity index (χ3v) is 0.935. The molecule has 0 spiro atoms. The Morgan fingerprint density at radius 3 is 3.00 bits per heavy atom. The zero-order valence-electron chi connectivity index (χ0n) is 4.63. The van der Waals surface area contributed by atoms with Crippen LogP contribution < -0.4 is 0 Å². The van der Waals surface area contributed by atoms with Gasteiger partial charge in [-0.3, -0.25) is 0 Å². The van der Waals surface area contributed by atoms with Gasteiger partial charge in [-0.15, -0.1) is 0 Å². The molecule has 0 aliphatic rings. The van der Waals surface area contributed by atoms with Crippen molar-refractivity contribution in [2.75, 3.05) is 0 Å². The Morgan fingerprint density at radius 1 is 2.00 bits per heavy atom. The lowest BCUT2D eigenvalue weighted by molar-refractivity contribution is 0.404. The van der Waals surface area contributed by atoms with Crippen molar-refractivity contribution in [2.24, 2.45) is 0 Å². The largest absolute Gasteiger partial charge is 0.493 e. The Hall–Kier alpha value is -0.990. The Morgan fingerprint density at radius 2 is 2.75 bits per heavy atom. The highest BCUT2D eigenvalue weighted by Gasteiger charge is 1.92. The van der Waals surface area contributed by atoms with E-state index in [4.69, 9.17) is 5.11 Å². The molecule has 1 rings (SSSR count). The van der Waals surface area contributed by atoms with E-state index in [1.165, 1.54) is 10.9 Å². The molecular formula is C5H7N2O. The Labute approximate surface area is 47.6 Å². The molecule has 0 saturated carbocycles. The van der Waals surface area contributed by atoms with Gasteiger partial charge in [0.2, 0.25) is 5.88 Å². The summed E-state index contributed by atoms with van der Waals surface area (Å²) in [6, 6.07) is 2.53. The van der Waals surface area contributed by atoms with Crippen LogP contribution in [0.2, 0.25) is 0 Å². The lowest BCUT2D eigenvalue weighted by Gasteiger charge is -1.93. The van der Waals surface area contributed by atoms with Crippen molar-refractivity contribution in [2.45, 2.75) is 13.5 Å². The van der Waals surface area contributed by atoms with Crippen LogP contribution >= 0.6 is 0 Å². The Kier molecular flexibility index (Phi) is 1.20. The van der Waals surface area contributed by atoms with Gasteiger partial charge in [-0.25, -0.2) is 4.68 Å². The van der Waals surface area contributed by atoms with Crippen LogP contribution in [0.15, 0.2) is 6.20 Å². The van der Waals surface area contributed by atoms with Crippen LogP contribution in [0, 0.1) is 6.07 Å². The summed E-state index contributed by atoms with van der Waals surface area (Å²) < 4.78 is 1.46. The number of aromatic nitrogens is 2. The molecule has 1 aromatic rings. The van der Waals surface area contributed by atoms with Crippen LogP contribution in [-0.4, -0.2) is 14.9 Å². The molecule has 0 unspecified atom stereocenters. The fraction of sp³-hybridized carbons (Fsp3) is 0.400. The first-order valence-corrected chi connectivity index (χ1v) is 2.47. The lowest BCUT2D eigenvalue weighted by Crippen LogP contribution is -1.93. The summed E-state index contributed by atoms with van der Waals surface area (Å²) in [5.41, 5.74) is 0. The van der Waals surface area contributed by atoms with E-state index < -0.39 is 0 Å². The van der Waals surface area contributed by atoms with Crippen molar-refractivity contribution in [3.05, 3.63) is 12.3 Å². The van der Waals surface area contributed by atoms with Crippen molar-refractivity contribution in [1.82, 2.24) is 9.78 Å². The van der Waals surface area contributed by atoms with E-state index in [2.05, 4.69) is 11.2 Å². The summed E-state index contributed by atoms with van der Waals surface area (Å²) in [5, 5.41) is 12.5. The van der Waals surface area contributed by atoms with E-state index >= 15 is 0 Å². The normalized spacial score (nSPS) is 9.62. The van der Waals surface area contributed by atoms with E-state index in [1.807, 2.05) is 6.92 Å². The first kappa shape index (κ1) is 5.15. The van der Waals surface area contributed by atoms with Crippen molar-refractivity contribution in [3.63, 3.8) is 0 Å². The van der Waals surface area contributed by atoms with Crippen LogP contribution in [0.25, 0.3) is 0 Å². The van der Waals surface area contributed by atoms with E-state index in [9.17, 15) is 0 Å². The van der Waals surface area contributed by atoms with Crippen LogP contribution in [0.5, 0.6) is 5.88 Å². The zero-order valence-corrected chi connectivity index (χ0v) is 4.63. The second-order valence-electron chi connectivity index (χ2n) is 1.43. The molecule has 0 aliphatic heterocycles. The summed E-state index contributed by atoms with van der Waals surface area (Å²) in [6.07, 6.45) is 1.44. The maximum absolute atomic E-state index is 8.80. The number of rotatable bonds is 1. The highest BCUT2D eigenvalue weighted by molar-refractivity contribution is 5.01. The van der Waals surface area contributed by atoms with Crippen LogP contribution in [0.1, 0.15) is 6.92 Å². The number of aromatic hydroxyl groups is 1. The number of hydrogen-bond acceptors (Lipinski definition) is 2. The molecule has 43 valence electrons. The van der Waals surface area contributed by atoms with E-state index in [0.717, 1.165) is 0 Å². The average molecular weight is 111 g/mol. The first-order chi connectivity index (χ1) is 3.84. The second-order valence-corrected chi connectivity index (χ2v) is 1.43. The van der Waals surface area contributed by atoms with Crippen molar-refractivity contribution >= 4 is 0 Å². The maximum atomic E-state index is 8.80. The molecule has 1 N–H and O–H groups in total. The highest BCUT2D eigenvalue weighted by Crippen LogP contribution is 2.02. The molecule has 8 heavy (non-hydrogen) atoms. The SMILES string of the molecule is CCn1nc[c]c1O. The fourth-order valence-corrected chi connectivity index (χ4v) is 0.517. The summed E-state index contributed by atoms with van der Waals surface area (Å²) in [5.74, 6) is 0.104. The Bertz CT molecular complexity index is 171. The minimum Gasteiger partial charge on any atom is -0.493 e.